The van der Waals surface area contributed by atoms with Crippen LogP contribution < -0.4 is 5.73 Å². The first-order valence-electron chi connectivity index (χ1n) is 5.99. The number of hydrogen-bond donors (Lipinski definition) is 2. The average Bonchev–Trinajstić information content (AvgIpc) is 2.96. The van der Waals surface area contributed by atoms with E-state index in [1.807, 2.05) is 30.3 Å². The van der Waals surface area contributed by atoms with Crippen molar-refractivity contribution in [1.82, 2.24) is 10.2 Å². The summed E-state index contributed by atoms with van der Waals surface area (Å²) in [5, 5.41) is 7.80. The first-order valence-corrected chi connectivity index (χ1v) is 5.99. The Kier molecular flexibility index (Phi) is 2.37. The average molecular weight is 241 g/mol. The highest BCUT2D eigenvalue weighted by molar-refractivity contribution is 5.91. The molecule has 0 bridgehead atoms. The first kappa shape index (κ1) is 10.9. The van der Waals surface area contributed by atoms with Crippen molar-refractivity contribution >= 4 is 16.7 Å². The van der Waals surface area contributed by atoms with Gasteiger partial charge in [-0.2, -0.15) is 5.10 Å². The van der Waals surface area contributed by atoms with Gasteiger partial charge in [-0.1, -0.05) is 13.8 Å². The highest BCUT2D eigenvalue weighted by Crippen LogP contribution is 2.29. The van der Waals surface area contributed by atoms with Crippen molar-refractivity contribution in [2.24, 2.45) is 0 Å². The summed E-state index contributed by atoms with van der Waals surface area (Å²) >= 11 is 0. The van der Waals surface area contributed by atoms with Crippen LogP contribution in [0, 0.1) is 0 Å². The molecule has 0 aliphatic carbocycles. The zero-order valence-corrected chi connectivity index (χ0v) is 10.4. The second-order valence-corrected chi connectivity index (χ2v) is 4.73. The van der Waals surface area contributed by atoms with Crippen LogP contribution in [0.15, 0.2) is 34.7 Å². The second kappa shape index (κ2) is 3.91. The Morgan fingerprint density at radius 3 is 2.78 bits per heavy atom. The number of nitrogens with one attached hydrogen (secondary N) is 1. The Hall–Kier alpha value is -2.23. The molecule has 3 rings (SSSR count). The van der Waals surface area contributed by atoms with Crippen molar-refractivity contribution in [3.63, 3.8) is 0 Å². The summed E-state index contributed by atoms with van der Waals surface area (Å²) < 4.78 is 5.83. The highest BCUT2D eigenvalue weighted by atomic mass is 16.3. The van der Waals surface area contributed by atoms with Gasteiger partial charge in [-0.25, -0.2) is 0 Å². The van der Waals surface area contributed by atoms with Gasteiger partial charge in [-0.15, -0.1) is 0 Å². The first-order chi connectivity index (χ1) is 8.65. The maximum Gasteiger partial charge on any atom is 0.153 e. The van der Waals surface area contributed by atoms with Crippen LogP contribution in [0.5, 0.6) is 0 Å². The molecule has 2 aromatic heterocycles. The van der Waals surface area contributed by atoms with Gasteiger partial charge in [0.25, 0.3) is 0 Å². The standard InChI is InChI=1S/C14H15N3O/c1-8(2)12-5-6-13(18-12)9-3-4-11-10(7-9)14(15)17-16-11/h3-8H,1-2H3,(H3,15,16,17). The van der Waals surface area contributed by atoms with E-state index in [1.165, 1.54) is 0 Å². The topological polar surface area (TPSA) is 67.8 Å². The van der Waals surface area contributed by atoms with Crippen LogP contribution in [0.25, 0.3) is 22.2 Å². The molecule has 4 heteroatoms. The SMILES string of the molecule is CC(C)c1ccc(-c2ccc3[nH]nc(N)c3c2)o1. The molecule has 0 aliphatic rings. The van der Waals surface area contributed by atoms with Crippen LogP contribution in [-0.4, -0.2) is 10.2 Å². The van der Waals surface area contributed by atoms with E-state index in [0.717, 1.165) is 28.0 Å². The van der Waals surface area contributed by atoms with Gasteiger partial charge in [0, 0.05) is 16.9 Å². The third kappa shape index (κ3) is 1.66. The van der Waals surface area contributed by atoms with E-state index in [-0.39, 0.29) is 0 Å². The predicted molar refractivity (Wildman–Crippen MR) is 72.3 cm³/mol. The molecule has 18 heavy (non-hydrogen) atoms. The normalized spacial score (nSPS) is 11.5. The molecule has 0 fully saturated rings. The molecule has 0 saturated heterocycles. The summed E-state index contributed by atoms with van der Waals surface area (Å²) in [7, 11) is 0. The number of nitrogens with two attached hydrogens (primary N) is 1. The molecule has 0 saturated carbocycles. The third-order valence-corrected chi connectivity index (χ3v) is 3.07. The van der Waals surface area contributed by atoms with E-state index in [9.17, 15) is 0 Å². The van der Waals surface area contributed by atoms with E-state index in [1.54, 1.807) is 0 Å². The quantitative estimate of drug-likeness (QED) is 0.721. The van der Waals surface area contributed by atoms with Gasteiger partial charge in [-0.3, -0.25) is 5.10 Å². The lowest BCUT2D eigenvalue weighted by Gasteiger charge is -2.00. The predicted octanol–water partition coefficient (Wildman–Crippen LogP) is 3.53. The van der Waals surface area contributed by atoms with Crippen LogP contribution >= 0.6 is 0 Å². The number of H-pyrrole nitrogens is 1. The summed E-state index contributed by atoms with van der Waals surface area (Å²) in [5.74, 6) is 2.76. The van der Waals surface area contributed by atoms with Gasteiger partial charge in [-0.05, 0) is 30.3 Å². The van der Waals surface area contributed by atoms with Crippen molar-refractivity contribution in [1.29, 1.82) is 0 Å². The molecule has 0 atom stereocenters. The molecule has 92 valence electrons. The molecular weight excluding hydrogens is 226 g/mol. The summed E-state index contributed by atoms with van der Waals surface area (Å²) in [6.45, 7) is 4.22. The number of anilines is 1. The summed E-state index contributed by atoms with van der Waals surface area (Å²) in [4.78, 5) is 0. The van der Waals surface area contributed by atoms with Crippen molar-refractivity contribution in [2.45, 2.75) is 19.8 Å². The fourth-order valence-electron chi connectivity index (χ4n) is 2.01. The lowest BCUT2D eigenvalue weighted by atomic mass is 10.1. The number of hydrogen-bond acceptors (Lipinski definition) is 3. The van der Waals surface area contributed by atoms with Gasteiger partial charge in [0.1, 0.15) is 11.5 Å². The van der Waals surface area contributed by atoms with Crippen molar-refractivity contribution < 1.29 is 4.42 Å². The Balaban J connectivity index is 2.09. The zero-order chi connectivity index (χ0) is 12.7. The summed E-state index contributed by atoms with van der Waals surface area (Å²) in [5.41, 5.74) is 7.76. The lowest BCUT2D eigenvalue weighted by molar-refractivity contribution is 0.498. The minimum atomic E-state index is 0.390. The largest absolute Gasteiger partial charge is 0.461 e. The van der Waals surface area contributed by atoms with Crippen LogP contribution in [0.3, 0.4) is 0 Å². The molecular formula is C14H15N3O. The molecule has 2 heterocycles. The van der Waals surface area contributed by atoms with Crippen LogP contribution in [0.1, 0.15) is 25.5 Å². The van der Waals surface area contributed by atoms with E-state index < -0.39 is 0 Å². The molecule has 0 amide bonds. The molecule has 3 aromatic rings. The molecule has 0 radical (unpaired) electrons. The Morgan fingerprint density at radius 1 is 1.22 bits per heavy atom. The molecule has 3 N–H and O–H groups in total. The maximum atomic E-state index is 5.83. The smallest absolute Gasteiger partial charge is 0.153 e. The molecule has 0 spiro atoms. The number of aromatic nitrogens is 2. The minimum Gasteiger partial charge on any atom is -0.461 e. The number of nitrogens with zero attached hydrogens (tertiary/aromatic N) is 1. The number of furan rings is 1. The number of fused-ring (bicyclic) bond motifs is 1. The molecule has 0 unspecified atom stereocenters. The maximum absolute atomic E-state index is 5.83. The van der Waals surface area contributed by atoms with Gasteiger partial charge >= 0.3 is 0 Å². The van der Waals surface area contributed by atoms with Crippen LogP contribution in [-0.2, 0) is 0 Å². The minimum absolute atomic E-state index is 0.390. The number of aromatic amines is 1. The zero-order valence-electron chi connectivity index (χ0n) is 10.4. The molecule has 4 nitrogen and oxygen atoms in total. The number of nitrogen functional groups attached to an aromatic ring is 1. The van der Waals surface area contributed by atoms with Crippen molar-refractivity contribution in [2.75, 3.05) is 5.73 Å². The fourth-order valence-corrected chi connectivity index (χ4v) is 2.01. The van der Waals surface area contributed by atoms with E-state index in [2.05, 4.69) is 24.0 Å². The lowest BCUT2D eigenvalue weighted by Crippen LogP contribution is -1.84. The summed E-state index contributed by atoms with van der Waals surface area (Å²) in [6.07, 6.45) is 0. The van der Waals surface area contributed by atoms with Gasteiger partial charge in [0.05, 0.1) is 5.52 Å². The monoisotopic (exact) mass is 241 g/mol. The van der Waals surface area contributed by atoms with Gasteiger partial charge in [0.2, 0.25) is 0 Å². The summed E-state index contributed by atoms with van der Waals surface area (Å²) in [6, 6.07) is 9.97. The number of benzene rings is 1. The second-order valence-electron chi connectivity index (χ2n) is 4.73. The van der Waals surface area contributed by atoms with Gasteiger partial charge < -0.3 is 10.2 Å². The number of rotatable bonds is 2. The van der Waals surface area contributed by atoms with E-state index >= 15 is 0 Å². The Bertz CT molecular complexity index is 694. The molecule has 0 aliphatic heterocycles. The Morgan fingerprint density at radius 2 is 2.06 bits per heavy atom. The van der Waals surface area contributed by atoms with Crippen LogP contribution in [0.4, 0.5) is 5.82 Å². The van der Waals surface area contributed by atoms with Crippen molar-refractivity contribution in [3.05, 3.63) is 36.1 Å². The van der Waals surface area contributed by atoms with Crippen molar-refractivity contribution in [3.8, 4) is 11.3 Å². The fraction of sp³-hybridized carbons (Fsp3) is 0.214. The third-order valence-electron chi connectivity index (χ3n) is 3.07. The van der Waals surface area contributed by atoms with E-state index in [4.69, 9.17) is 10.2 Å². The highest BCUT2D eigenvalue weighted by Gasteiger charge is 2.09. The van der Waals surface area contributed by atoms with Gasteiger partial charge in [0.15, 0.2) is 5.82 Å². The Labute approximate surface area is 105 Å². The van der Waals surface area contributed by atoms with Crippen LogP contribution in [0.2, 0.25) is 0 Å². The van der Waals surface area contributed by atoms with E-state index in [0.29, 0.717) is 11.7 Å². The molecule has 1 aromatic carbocycles.